The summed E-state index contributed by atoms with van der Waals surface area (Å²) in [5.74, 6) is -0.900. The van der Waals surface area contributed by atoms with Crippen LogP contribution in [0.1, 0.15) is 36.5 Å². The summed E-state index contributed by atoms with van der Waals surface area (Å²) in [6, 6.07) is 5.20. The van der Waals surface area contributed by atoms with Gasteiger partial charge in [-0.05, 0) is 44.4 Å². The average Bonchev–Trinajstić information content (AvgIpc) is 2.14. The Morgan fingerprint density at radius 3 is 2.62 bits per heavy atom. The predicted octanol–water partition coefficient (Wildman–Crippen LogP) is 3.50. The van der Waals surface area contributed by atoms with Gasteiger partial charge in [0.1, 0.15) is 0 Å². The van der Waals surface area contributed by atoms with Crippen LogP contribution in [0.15, 0.2) is 22.7 Å². The minimum Gasteiger partial charge on any atom is -0.478 e. The van der Waals surface area contributed by atoms with Crippen molar-refractivity contribution in [2.75, 3.05) is 5.32 Å². The second kappa shape index (κ2) is 4.09. The molecule has 3 nitrogen and oxygen atoms in total. The van der Waals surface area contributed by atoms with Crippen LogP contribution < -0.4 is 5.32 Å². The Bertz CT molecular complexity index is 427. The molecule has 0 radical (unpaired) electrons. The predicted molar refractivity (Wildman–Crippen MR) is 67.0 cm³/mol. The summed E-state index contributed by atoms with van der Waals surface area (Å²) < 4.78 is 0.790. The summed E-state index contributed by atoms with van der Waals surface area (Å²) in [6.45, 7) is 2.16. The number of nitrogens with one attached hydrogen (secondary N) is 1. The van der Waals surface area contributed by atoms with Gasteiger partial charge in [-0.1, -0.05) is 15.9 Å². The van der Waals surface area contributed by atoms with Crippen LogP contribution in [0.4, 0.5) is 5.69 Å². The Morgan fingerprint density at radius 1 is 1.44 bits per heavy atom. The first kappa shape index (κ1) is 11.5. The summed E-state index contributed by atoms with van der Waals surface area (Å²) in [6.07, 6.45) is 3.52. The van der Waals surface area contributed by atoms with Crippen molar-refractivity contribution in [3.63, 3.8) is 0 Å². The van der Waals surface area contributed by atoms with E-state index >= 15 is 0 Å². The molecule has 1 aromatic carbocycles. The molecule has 0 bridgehead atoms. The van der Waals surface area contributed by atoms with Gasteiger partial charge in [0.15, 0.2) is 0 Å². The number of halogens is 1. The quantitative estimate of drug-likeness (QED) is 0.893. The van der Waals surface area contributed by atoms with Crippen molar-refractivity contribution in [2.24, 2.45) is 0 Å². The summed E-state index contributed by atoms with van der Waals surface area (Å²) in [4.78, 5) is 10.9. The highest BCUT2D eigenvalue weighted by Gasteiger charge is 2.31. The maximum Gasteiger partial charge on any atom is 0.335 e. The molecule has 0 heterocycles. The lowest BCUT2D eigenvalue weighted by atomic mass is 9.78. The molecular formula is C12H14BrNO2. The van der Waals surface area contributed by atoms with Gasteiger partial charge in [-0.25, -0.2) is 4.79 Å². The van der Waals surface area contributed by atoms with Crippen molar-refractivity contribution in [1.82, 2.24) is 0 Å². The van der Waals surface area contributed by atoms with E-state index in [1.807, 2.05) is 6.07 Å². The SMILES string of the molecule is CC1(Nc2cc(Br)cc(C(=O)O)c2)CCC1. The van der Waals surface area contributed by atoms with Crippen LogP contribution in [0.2, 0.25) is 0 Å². The van der Waals surface area contributed by atoms with Crippen LogP contribution in [-0.4, -0.2) is 16.6 Å². The van der Waals surface area contributed by atoms with E-state index < -0.39 is 5.97 Å². The highest BCUT2D eigenvalue weighted by Crippen LogP contribution is 2.35. The van der Waals surface area contributed by atoms with Gasteiger partial charge in [-0.15, -0.1) is 0 Å². The van der Waals surface area contributed by atoms with Crippen LogP contribution >= 0.6 is 15.9 Å². The van der Waals surface area contributed by atoms with Crippen LogP contribution in [0, 0.1) is 0 Å². The lowest BCUT2D eigenvalue weighted by Gasteiger charge is -2.40. The Morgan fingerprint density at radius 2 is 2.12 bits per heavy atom. The van der Waals surface area contributed by atoms with Crippen molar-refractivity contribution in [1.29, 1.82) is 0 Å². The first-order chi connectivity index (χ1) is 7.48. The smallest absolute Gasteiger partial charge is 0.335 e. The highest BCUT2D eigenvalue weighted by atomic mass is 79.9. The maximum atomic E-state index is 10.9. The van der Waals surface area contributed by atoms with Gasteiger partial charge in [-0.3, -0.25) is 0 Å². The van der Waals surface area contributed by atoms with Crippen LogP contribution in [0.3, 0.4) is 0 Å². The number of hydrogen-bond acceptors (Lipinski definition) is 2. The molecule has 0 aliphatic heterocycles. The summed E-state index contributed by atoms with van der Waals surface area (Å²) >= 11 is 3.33. The lowest BCUT2D eigenvalue weighted by molar-refractivity contribution is 0.0697. The van der Waals surface area contributed by atoms with Crippen molar-refractivity contribution in [3.05, 3.63) is 28.2 Å². The van der Waals surface area contributed by atoms with Crippen LogP contribution in [0.25, 0.3) is 0 Å². The van der Waals surface area contributed by atoms with Gasteiger partial charge in [-0.2, -0.15) is 0 Å². The van der Waals surface area contributed by atoms with Crippen LogP contribution in [0.5, 0.6) is 0 Å². The van der Waals surface area contributed by atoms with E-state index in [0.29, 0.717) is 5.56 Å². The van der Waals surface area contributed by atoms with E-state index in [2.05, 4.69) is 28.2 Å². The Balaban J connectivity index is 2.23. The van der Waals surface area contributed by atoms with Crippen molar-refractivity contribution < 1.29 is 9.90 Å². The molecule has 1 aliphatic carbocycles. The number of hydrogen-bond donors (Lipinski definition) is 2. The van der Waals surface area contributed by atoms with E-state index in [1.165, 1.54) is 6.42 Å². The van der Waals surface area contributed by atoms with Crippen molar-refractivity contribution in [2.45, 2.75) is 31.7 Å². The van der Waals surface area contributed by atoms with E-state index in [0.717, 1.165) is 23.0 Å². The van der Waals surface area contributed by atoms with Crippen LogP contribution in [-0.2, 0) is 0 Å². The average molecular weight is 284 g/mol. The van der Waals surface area contributed by atoms with E-state index in [1.54, 1.807) is 12.1 Å². The third kappa shape index (κ3) is 2.38. The molecule has 0 unspecified atom stereocenters. The normalized spacial score (nSPS) is 17.6. The molecule has 1 fully saturated rings. The summed E-state index contributed by atoms with van der Waals surface area (Å²) in [5.41, 5.74) is 1.31. The molecule has 0 amide bonds. The molecule has 0 atom stereocenters. The van der Waals surface area contributed by atoms with Gasteiger partial charge >= 0.3 is 5.97 Å². The van der Waals surface area contributed by atoms with Gasteiger partial charge in [0.2, 0.25) is 0 Å². The Kier molecular flexibility index (Phi) is 2.93. The minimum absolute atomic E-state index is 0.135. The first-order valence-electron chi connectivity index (χ1n) is 5.31. The molecule has 1 aliphatic rings. The minimum atomic E-state index is -0.900. The second-order valence-corrected chi connectivity index (χ2v) is 5.49. The molecule has 0 aromatic heterocycles. The number of benzene rings is 1. The molecule has 86 valence electrons. The van der Waals surface area contributed by atoms with Gasteiger partial charge in [0.25, 0.3) is 0 Å². The van der Waals surface area contributed by atoms with Gasteiger partial charge < -0.3 is 10.4 Å². The number of carboxylic acid groups (broad SMARTS) is 1. The molecule has 4 heteroatoms. The fourth-order valence-electron chi connectivity index (χ4n) is 1.97. The standard InChI is InChI=1S/C12H14BrNO2/c1-12(3-2-4-12)14-10-6-8(11(15)16)5-9(13)7-10/h5-7,14H,2-4H2,1H3,(H,15,16). The first-order valence-corrected chi connectivity index (χ1v) is 6.10. The van der Waals surface area contributed by atoms with Gasteiger partial charge in [0.05, 0.1) is 5.56 Å². The zero-order valence-electron chi connectivity index (χ0n) is 9.09. The molecule has 2 rings (SSSR count). The van der Waals surface area contributed by atoms with E-state index in [4.69, 9.17) is 5.11 Å². The molecule has 1 aromatic rings. The molecular weight excluding hydrogens is 270 g/mol. The number of carbonyl (C=O) groups is 1. The fraction of sp³-hybridized carbons (Fsp3) is 0.417. The molecule has 0 spiro atoms. The molecule has 1 saturated carbocycles. The third-order valence-corrected chi connectivity index (χ3v) is 3.51. The number of aromatic carboxylic acids is 1. The number of rotatable bonds is 3. The lowest BCUT2D eigenvalue weighted by Crippen LogP contribution is -2.41. The summed E-state index contributed by atoms with van der Waals surface area (Å²) in [7, 11) is 0. The largest absolute Gasteiger partial charge is 0.478 e. The fourth-order valence-corrected chi connectivity index (χ4v) is 2.46. The number of anilines is 1. The Labute approximate surface area is 103 Å². The summed E-state index contributed by atoms with van der Waals surface area (Å²) in [5, 5.41) is 12.4. The second-order valence-electron chi connectivity index (χ2n) is 4.57. The Hall–Kier alpha value is -1.03. The van der Waals surface area contributed by atoms with E-state index in [-0.39, 0.29) is 5.54 Å². The zero-order valence-corrected chi connectivity index (χ0v) is 10.7. The topological polar surface area (TPSA) is 49.3 Å². The third-order valence-electron chi connectivity index (χ3n) is 3.05. The monoisotopic (exact) mass is 283 g/mol. The zero-order chi connectivity index (χ0) is 11.8. The highest BCUT2D eigenvalue weighted by molar-refractivity contribution is 9.10. The van der Waals surface area contributed by atoms with E-state index in [9.17, 15) is 4.79 Å². The maximum absolute atomic E-state index is 10.9. The number of carboxylic acids is 1. The van der Waals surface area contributed by atoms with Crippen molar-refractivity contribution in [3.8, 4) is 0 Å². The molecule has 2 N–H and O–H groups in total. The molecule has 0 saturated heterocycles. The molecule has 16 heavy (non-hydrogen) atoms. The van der Waals surface area contributed by atoms with Crippen molar-refractivity contribution >= 4 is 27.6 Å². The van der Waals surface area contributed by atoms with Gasteiger partial charge in [0, 0.05) is 15.7 Å².